The third-order valence-corrected chi connectivity index (χ3v) is 8.18. The van der Waals surface area contributed by atoms with Crippen LogP contribution in [0.4, 0.5) is 4.39 Å². The minimum atomic E-state index is -3.56. The average Bonchev–Trinajstić information content (AvgIpc) is 2.78. The largest absolute Gasteiger partial charge is 0.339 e. The Hall–Kier alpha value is -2.25. The molecule has 1 aliphatic rings. The third-order valence-electron chi connectivity index (χ3n) is 6.27. The molecule has 2 aromatic carbocycles. The van der Waals surface area contributed by atoms with Crippen LogP contribution in [-0.4, -0.2) is 43.7 Å². The molecule has 0 N–H and O–H groups in total. The van der Waals surface area contributed by atoms with Gasteiger partial charge in [-0.3, -0.25) is 4.79 Å². The molecule has 1 amide bonds. The van der Waals surface area contributed by atoms with Crippen molar-refractivity contribution in [3.05, 3.63) is 65.5 Å². The van der Waals surface area contributed by atoms with Crippen LogP contribution >= 0.6 is 0 Å². The molecule has 1 saturated heterocycles. The molecule has 31 heavy (non-hydrogen) atoms. The van der Waals surface area contributed by atoms with E-state index >= 15 is 0 Å². The maximum Gasteiger partial charge on any atom is 0.243 e. The van der Waals surface area contributed by atoms with Gasteiger partial charge in [0.2, 0.25) is 15.9 Å². The number of amides is 1. The highest BCUT2D eigenvalue weighted by atomic mass is 32.2. The van der Waals surface area contributed by atoms with Crippen LogP contribution in [0.1, 0.15) is 56.7 Å². The fourth-order valence-corrected chi connectivity index (χ4v) is 5.43. The highest BCUT2D eigenvalue weighted by Gasteiger charge is 2.34. The maximum atomic E-state index is 13.2. The Morgan fingerprint density at radius 2 is 1.48 bits per heavy atom. The molecule has 168 valence electrons. The lowest BCUT2D eigenvalue weighted by molar-refractivity contribution is -0.137. The van der Waals surface area contributed by atoms with Crippen LogP contribution in [0.15, 0.2) is 53.4 Å². The molecule has 0 bridgehead atoms. The predicted molar refractivity (Wildman–Crippen MR) is 120 cm³/mol. The summed E-state index contributed by atoms with van der Waals surface area (Å²) in [5, 5.41) is 0. The first-order chi connectivity index (χ1) is 14.6. The van der Waals surface area contributed by atoms with E-state index in [9.17, 15) is 17.6 Å². The molecule has 1 fully saturated rings. The predicted octanol–water partition coefficient (Wildman–Crippen LogP) is 4.57. The van der Waals surface area contributed by atoms with Crippen LogP contribution in [0.2, 0.25) is 0 Å². The summed E-state index contributed by atoms with van der Waals surface area (Å²) in [6.45, 7) is 6.69. The molecule has 1 unspecified atom stereocenters. The van der Waals surface area contributed by atoms with Gasteiger partial charge in [-0.2, -0.15) is 4.31 Å². The minimum absolute atomic E-state index is 0.00448. The Morgan fingerprint density at radius 3 is 2.00 bits per heavy atom. The number of benzene rings is 2. The maximum absolute atomic E-state index is 13.2. The summed E-state index contributed by atoms with van der Waals surface area (Å²) in [7, 11) is -1.82. The quantitative estimate of drug-likeness (QED) is 0.653. The molecule has 0 aromatic heterocycles. The van der Waals surface area contributed by atoms with Crippen molar-refractivity contribution >= 4 is 15.9 Å². The third kappa shape index (κ3) is 5.15. The van der Waals surface area contributed by atoms with Crippen LogP contribution in [0.5, 0.6) is 0 Å². The number of hydrogen-bond acceptors (Lipinski definition) is 3. The second-order valence-corrected chi connectivity index (χ2v) is 10.5. The SMILES string of the molecule is CC(C)c1ccc(S(=O)(=O)N2CCC(C(=O)N(C)C(C)c3ccc(F)cc3)CC2)cc1. The Bertz CT molecular complexity index is 996. The molecule has 0 spiro atoms. The number of rotatable bonds is 6. The molecule has 0 saturated carbocycles. The van der Waals surface area contributed by atoms with E-state index in [1.807, 2.05) is 19.1 Å². The summed E-state index contributed by atoms with van der Waals surface area (Å²) in [5.41, 5.74) is 1.96. The van der Waals surface area contributed by atoms with Gasteiger partial charge < -0.3 is 4.90 Å². The number of halogens is 1. The van der Waals surface area contributed by atoms with Crippen molar-refractivity contribution in [1.82, 2.24) is 9.21 Å². The number of carbonyl (C=O) groups is 1. The lowest BCUT2D eigenvalue weighted by atomic mass is 9.95. The first kappa shape index (κ1) is 23.4. The van der Waals surface area contributed by atoms with Gasteiger partial charge in [-0.25, -0.2) is 12.8 Å². The van der Waals surface area contributed by atoms with Crippen LogP contribution < -0.4 is 0 Å². The van der Waals surface area contributed by atoms with Crippen LogP contribution in [0.3, 0.4) is 0 Å². The number of carbonyl (C=O) groups excluding carboxylic acids is 1. The molecule has 1 atom stereocenters. The minimum Gasteiger partial charge on any atom is -0.339 e. The molecule has 7 heteroatoms. The average molecular weight is 447 g/mol. The van der Waals surface area contributed by atoms with Gasteiger partial charge in [-0.1, -0.05) is 38.1 Å². The van der Waals surface area contributed by atoms with E-state index in [2.05, 4.69) is 13.8 Å². The topological polar surface area (TPSA) is 57.7 Å². The van der Waals surface area contributed by atoms with E-state index in [-0.39, 0.29) is 23.7 Å². The van der Waals surface area contributed by atoms with E-state index < -0.39 is 10.0 Å². The summed E-state index contributed by atoms with van der Waals surface area (Å²) in [4.78, 5) is 15.0. The lowest BCUT2D eigenvalue weighted by Crippen LogP contribution is -2.43. The smallest absolute Gasteiger partial charge is 0.243 e. The van der Waals surface area contributed by atoms with Gasteiger partial charge in [0.25, 0.3) is 0 Å². The number of nitrogens with zero attached hydrogens (tertiary/aromatic N) is 2. The van der Waals surface area contributed by atoms with E-state index in [4.69, 9.17) is 0 Å². The van der Waals surface area contributed by atoms with E-state index in [0.29, 0.717) is 36.7 Å². The van der Waals surface area contributed by atoms with Crippen molar-refractivity contribution in [3.63, 3.8) is 0 Å². The second-order valence-electron chi connectivity index (χ2n) is 8.58. The summed E-state index contributed by atoms with van der Waals surface area (Å²) in [5.74, 6) is -0.192. The van der Waals surface area contributed by atoms with Crippen molar-refractivity contribution in [3.8, 4) is 0 Å². The summed E-state index contributed by atoms with van der Waals surface area (Å²) < 4.78 is 40.7. The van der Waals surface area contributed by atoms with Gasteiger partial charge >= 0.3 is 0 Å². The zero-order chi connectivity index (χ0) is 22.8. The Balaban J connectivity index is 1.62. The summed E-state index contributed by atoms with van der Waals surface area (Å²) in [6, 6.07) is 13.0. The molecule has 0 aliphatic carbocycles. The fraction of sp³-hybridized carbons (Fsp3) is 0.458. The molecule has 1 heterocycles. The van der Waals surface area contributed by atoms with Gasteiger partial charge in [-0.05, 0) is 61.1 Å². The molecule has 1 aliphatic heterocycles. The van der Waals surface area contributed by atoms with Crippen LogP contribution in [0.25, 0.3) is 0 Å². The summed E-state index contributed by atoms with van der Waals surface area (Å²) in [6.07, 6.45) is 0.977. The Morgan fingerprint density at radius 1 is 0.968 bits per heavy atom. The van der Waals surface area contributed by atoms with Gasteiger partial charge in [0.15, 0.2) is 0 Å². The monoisotopic (exact) mass is 446 g/mol. The zero-order valence-corrected chi connectivity index (χ0v) is 19.4. The molecule has 0 radical (unpaired) electrons. The van der Waals surface area contributed by atoms with Crippen LogP contribution in [-0.2, 0) is 14.8 Å². The molecular weight excluding hydrogens is 415 g/mol. The van der Waals surface area contributed by atoms with E-state index in [1.165, 1.54) is 16.4 Å². The molecule has 2 aromatic rings. The molecular formula is C24H31FN2O3S. The van der Waals surface area contributed by atoms with Crippen LogP contribution in [0, 0.1) is 11.7 Å². The number of sulfonamides is 1. The number of hydrogen-bond donors (Lipinski definition) is 0. The van der Waals surface area contributed by atoms with Gasteiger partial charge in [0.1, 0.15) is 5.82 Å². The van der Waals surface area contributed by atoms with E-state index in [1.54, 1.807) is 36.2 Å². The van der Waals surface area contributed by atoms with Gasteiger partial charge in [-0.15, -0.1) is 0 Å². The first-order valence-corrected chi connectivity index (χ1v) is 12.2. The highest BCUT2D eigenvalue weighted by molar-refractivity contribution is 7.89. The van der Waals surface area contributed by atoms with Crippen molar-refractivity contribution in [2.45, 2.75) is 50.5 Å². The first-order valence-electron chi connectivity index (χ1n) is 10.7. The zero-order valence-electron chi connectivity index (χ0n) is 18.6. The van der Waals surface area contributed by atoms with E-state index in [0.717, 1.165) is 11.1 Å². The van der Waals surface area contributed by atoms with Gasteiger partial charge in [0, 0.05) is 26.1 Å². The van der Waals surface area contributed by atoms with Crippen molar-refractivity contribution < 1.29 is 17.6 Å². The Kier molecular flexibility index (Phi) is 7.17. The lowest BCUT2D eigenvalue weighted by Gasteiger charge is -2.34. The normalized spacial score (nSPS) is 17.0. The Labute approximate surface area is 184 Å². The highest BCUT2D eigenvalue weighted by Crippen LogP contribution is 2.28. The summed E-state index contributed by atoms with van der Waals surface area (Å²) >= 11 is 0. The standard InChI is InChI=1S/C24H31FN2O3S/c1-17(2)19-7-11-23(12-8-19)31(29,30)27-15-13-21(14-16-27)24(28)26(4)18(3)20-5-9-22(25)10-6-20/h5-12,17-18,21H,13-16H2,1-4H3. The molecule has 3 rings (SSSR count). The van der Waals surface area contributed by atoms with Crippen molar-refractivity contribution in [1.29, 1.82) is 0 Å². The van der Waals surface area contributed by atoms with Crippen molar-refractivity contribution in [2.24, 2.45) is 5.92 Å². The molecule has 5 nitrogen and oxygen atoms in total. The van der Waals surface area contributed by atoms with Crippen molar-refractivity contribution in [2.75, 3.05) is 20.1 Å². The second kappa shape index (κ2) is 9.49. The van der Waals surface area contributed by atoms with Gasteiger partial charge in [0.05, 0.1) is 10.9 Å². The number of piperidine rings is 1. The fourth-order valence-electron chi connectivity index (χ4n) is 3.96.